The number of nitrogens with one attached hydrogen (secondary N) is 1. The highest BCUT2D eigenvalue weighted by atomic mass is 16.5. The lowest BCUT2D eigenvalue weighted by Crippen LogP contribution is -2.30. The van der Waals surface area contributed by atoms with Crippen molar-refractivity contribution in [3.8, 4) is 17.2 Å². The molecule has 1 unspecified atom stereocenters. The van der Waals surface area contributed by atoms with Gasteiger partial charge in [-0.25, -0.2) is 0 Å². The van der Waals surface area contributed by atoms with Gasteiger partial charge in [-0.2, -0.15) is 0 Å². The van der Waals surface area contributed by atoms with E-state index in [0.717, 1.165) is 0 Å². The van der Waals surface area contributed by atoms with Crippen molar-refractivity contribution in [3.63, 3.8) is 0 Å². The van der Waals surface area contributed by atoms with E-state index in [1.807, 2.05) is 18.2 Å². The summed E-state index contributed by atoms with van der Waals surface area (Å²) >= 11 is 0. The van der Waals surface area contributed by atoms with E-state index in [2.05, 4.69) is 5.32 Å². The van der Waals surface area contributed by atoms with Gasteiger partial charge in [0.2, 0.25) is 0 Å². The summed E-state index contributed by atoms with van der Waals surface area (Å²) in [4.78, 5) is 12.2. The molecule has 0 radical (unpaired) electrons. The van der Waals surface area contributed by atoms with E-state index in [1.54, 1.807) is 51.5 Å². The van der Waals surface area contributed by atoms with Gasteiger partial charge in [0.05, 0.1) is 14.2 Å². The maximum Gasteiger partial charge on any atom is 0.265 e. The molecule has 0 saturated heterocycles. The average molecular weight is 301 g/mol. The molecule has 1 atom stereocenters. The first-order chi connectivity index (χ1) is 10.6. The Labute approximate surface area is 129 Å². The van der Waals surface area contributed by atoms with Gasteiger partial charge in [-0.3, -0.25) is 4.79 Å². The topological polar surface area (TPSA) is 56.8 Å². The van der Waals surface area contributed by atoms with Crippen molar-refractivity contribution in [1.29, 1.82) is 0 Å². The van der Waals surface area contributed by atoms with Crippen LogP contribution in [0.25, 0.3) is 0 Å². The fourth-order valence-electron chi connectivity index (χ4n) is 1.90. The zero-order chi connectivity index (χ0) is 15.9. The number of methoxy groups -OCH3 is 2. The molecule has 1 N–H and O–H groups in total. The summed E-state index contributed by atoms with van der Waals surface area (Å²) in [5.41, 5.74) is 0.653. The van der Waals surface area contributed by atoms with Crippen LogP contribution in [0.4, 0.5) is 5.69 Å². The van der Waals surface area contributed by atoms with Gasteiger partial charge in [0.25, 0.3) is 5.91 Å². The largest absolute Gasteiger partial charge is 0.497 e. The molecule has 0 aromatic heterocycles. The summed E-state index contributed by atoms with van der Waals surface area (Å²) in [5.74, 6) is 1.54. The van der Waals surface area contributed by atoms with E-state index in [-0.39, 0.29) is 5.91 Å². The van der Waals surface area contributed by atoms with Gasteiger partial charge in [0, 0.05) is 11.8 Å². The Hall–Kier alpha value is -2.69. The fourth-order valence-corrected chi connectivity index (χ4v) is 1.90. The molecule has 22 heavy (non-hydrogen) atoms. The molecule has 5 nitrogen and oxygen atoms in total. The van der Waals surface area contributed by atoms with Gasteiger partial charge in [-0.05, 0) is 31.2 Å². The standard InChI is InChI=1S/C17H19NO4/c1-12(22-16-10-5-4-9-15(16)21-3)17(19)18-13-7-6-8-14(11-13)20-2/h4-12H,1-3H3,(H,18,19). The Morgan fingerprint density at radius 2 is 1.73 bits per heavy atom. The number of anilines is 1. The number of carbonyl (C=O) groups excluding carboxylic acids is 1. The summed E-state index contributed by atoms with van der Waals surface area (Å²) in [5, 5.41) is 2.79. The van der Waals surface area contributed by atoms with Crippen molar-refractivity contribution in [3.05, 3.63) is 48.5 Å². The lowest BCUT2D eigenvalue weighted by molar-refractivity contribution is -0.122. The van der Waals surface area contributed by atoms with Crippen molar-refractivity contribution in [2.45, 2.75) is 13.0 Å². The Bertz CT molecular complexity index is 642. The van der Waals surface area contributed by atoms with Gasteiger partial charge in [-0.15, -0.1) is 0 Å². The molecule has 5 heteroatoms. The molecule has 0 spiro atoms. The second-order valence-corrected chi connectivity index (χ2v) is 4.63. The Kier molecular flexibility index (Phi) is 5.25. The molecule has 2 aromatic rings. The minimum absolute atomic E-state index is 0.251. The second-order valence-electron chi connectivity index (χ2n) is 4.63. The minimum Gasteiger partial charge on any atom is -0.497 e. The highest BCUT2D eigenvalue weighted by Gasteiger charge is 2.17. The molecule has 0 bridgehead atoms. The molecular weight excluding hydrogens is 282 g/mol. The first-order valence-electron chi connectivity index (χ1n) is 6.88. The number of amides is 1. The molecule has 116 valence electrons. The van der Waals surface area contributed by atoms with Gasteiger partial charge in [0.15, 0.2) is 17.6 Å². The first-order valence-corrected chi connectivity index (χ1v) is 6.88. The number of hydrogen-bond acceptors (Lipinski definition) is 4. The molecule has 2 aromatic carbocycles. The van der Waals surface area contributed by atoms with Crippen molar-refractivity contribution in [1.82, 2.24) is 0 Å². The van der Waals surface area contributed by atoms with Crippen molar-refractivity contribution in [2.24, 2.45) is 0 Å². The molecule has 0 fully saturated rings. The van der Waals surface area contributed by atoms with Crippen LogP contribution in [-0.2, 0) is 4.79 Å². The van der Waals surface area contributed by atoms with Crippen LogP contribution in [0.1, 0.15) is 6.92 Å². The molecule has 1 amide bonds. The smallest absolute Gasteiger partial charge is 0.265 e. The van der Waals surface area contributed by atoms with Crippen molar-refractivity contribution < 1.29 is 19.0 Å². The van der Waals surface area contributed by atoms with Crippen LogP contribution >= 0.6 is 0 Å². The molecule has 0 aliphatic heterocycles. The van der Waals surface area contributed by atoms with E-state index in [0.29, 0.717) is 22.9 Å². The third kappa shape index (κ3) is 3.91. The average Bonchev–Trinajstić information content (AvgIpc) is 2.55. The monoisotopic (exact) mass is 301 g/mol. The first kappa shape index (κ1) is 15.7. The van der Waals surface area contributed by atoms with E-state index in [9.17, 15) is 4.79 Å². The van der Waals surface area contributed by atoms with E-state index >= 15 is 0 Å². The van der Waals surface area contributed by atoms with Crippen LogP contribution in [0.15, 0.2) is 48.5 Å². The lowest BCUT2D eigenvalue weighted by atomic mass is 10.2. The zero-order valence-electron chi connectivity index (χ0n) is 12.8. The van der Waals surface area contributed by atoms with Crippen LogP contribution < -0.4 is 19.5 Å². The summed E-state index contributed by atoms with van der Waals surface area (Å²) in [6, 6.07) is 14.3. The number of hydrogen-bond donors (Lipinski definition) is 1. The molecule has 2 rings (SSSR count). The van der Waals surface area contributed by atoms with Gasteiger partial charge >= 0.3 is 0 Å². The summed E-state index contributed by atoms with van der Waals surface area (Å²) in [6.45, 7) is 1.68. The van der Waals surface area contributed by atoms with E-state index in [1.165, 1.54) is 0 Å². The molecular formula is C17H19NO4. The Morgan fingerprint density at radius 1 is 1.00 bits per heavy atom. The van der Waals surface area contributed by atoms with Crippen LogP contribution in [-0.4, -0.2) is 26.2 Å². The number of para-hydroxylation sites is 2. The highest BCUT2D eigenvalue weighted by Crippen LogP contribution is 2.27. The predicted molar refractivity (Wildman–Crippen MR) is 84.7 cm³/mol. The lowest BCUT2D eigenvalue weighted by Gasteiger charge is -2.16. The van der Waals surface area contributed by atoms with Crippen LogP contribution in [0.3, 0.4) is 0 Å². The normalized spacial score (nSPS) is 11.4. The summed E-state index contributed by atoms with van der Waals surface area (Å²) in [6.07, 6.45) is -0.664. The minimum atomic E-state index is -0.664. The number of ether oxygens (including phenoxy) is 3. The second kappa shape index (κ2) is 7.36. The van der Waals surface area contributed by atoms with Crippen LogP contribution in [0.5, 0.6) is 17.2 Å². The summed E-state index contributed by atoms with van der Waals surface area (Å²) in [7, 11) is 3.14. The van der Waals surface area contributed by atoms with Gasteiger partial charge in [-0.1, -0.05) is 18.2 Å². The molecule has 0 aliphatic rings. The molecule has 0 saturated carbocycles. The maximum atomic E-state index is 12.2. The third-order valence-corrected chi connectivity index (χ3v) is 3.08. The quantitative estimate of drug-likeness (QED) is 0.890. The zero-order valence-corrected chi connectivity index (χ0v) is 12.8. The Morgan fingerprint density at radius 3 is 2.41 bits per heavy atom. The summed E-state index contributed by atoms with van der Waals surface area (Å²) < 4.78 is 16.0. The Balaban J connectivity index is 2.02. The van der Waals surface area contributed by atoms with Crippen LogP contribution in [0.2, 0.25) is 0 Å². The van der Waals surface area contributed by atoms with E-state index < -0.39 is 6.10 Å². The molecule has 0 heterocycles. The van der Waals surface area contributed by atoms with Crippen molar-refractivity contribution >= 4 is 11.6 Å². The number of rotatable bonds is 6. The van der Waals surface area contributed by atoms with Crippen molar-refractivity contribution in [2.75, 3.05) is 19.5 Å². The predicted octanol–water partition coefficient (Wildman–Crippen LogP) is 3.11. The molecule has 0 aliphatic carbocycles. The highest BCUT2D eigenvalue weighted by molar-refractivity contribution is 5.94. The third-order valence-electron chi connectivity index (χ3n) is 3.08. The van der Waals surface area contributed by atoms with Crippen LogP contribution in [0, 0.1) is 0 Å². The van der Waals surface area contributed by atoms with E-state index in [4.69, 9.17) is 14.2 Å². The number of benzene rings is 2. The fraction of sp³-hybridized carbons (Fsp3) is 0.235. The maximum absolute atomic E-state index is 12.2. The van der Waals surface area contributed by atoms with Gasteiger partial charge in [0.1, 0.15) is 5.75 Å². The SMILES string of the molecule is COc1cccc(NC(=O)C(C)Oc2ccccc2OC)c1. The number of carbonyl (C=O) groups is 1. The van der Waals surface area contributed by atoms with Gasteiger partial charge < -0.3 is 19.5 Å².